The Morgan fingerprint density at radius 2 is 1.84 bits per heavy atom. The van der Waals surface area contributed by atoms with E-state index in [1.54, 1.807) is 37.8 Å². The van der Waals surface area contributed by atoms with Crippen LogP contribution >= 0.6 is 11.6 Å². The second-order valence-electron chi connectivity index (χ2n) is 10.5. The maximum Gasteiger partial charge on any atom is 0.332 e. The molecular formula is C28H28ClN5O3. The second kappa shape index (κ2) is 8.19. The lowest BCUT2D eigenvalue weighted by Crippen LogP contribution is -2.35. The minimum absolute atomic E-state index is 0.0375. The van der Waals surface area contributed by atoms with E-state index in [1.165, 1.54) is 9.13 Å². The number of halogens is 1. The van der Waals surface area contributed by atoms with Gasteiger partial charge in [0.1, 0.15) is 17.3 Å². The number of pyridine rings is 2. The van der Waals surface area contributed by atoms with E-state index in [2.05, 4.69) is 14.9 Å². The summed E-state index contributed by atoms with van der Waals surface area (Å²) in [6, 6.07) is 10.9. The number of aromatic nitrogens is 4. The van der Waals surface area contributed by atoms with Crippen molar-refractivity contribution in [2.75, 3.05) is 18.0 Å². The highest BCUT2D eigenvalue weighted by Crippen LogP contribution is 2.58. The molecule has 0 unspecified atom stereocenters. The van der Waals surface area contributed by atoms with Gasteiger partial charge in [-0.25, -0.2) is 14.8 Å². The number of imidazole rings is 1. The number of anilines is 1. The first-order chi connectivity index (χ1) is 17.6. The number of benzene rings is 1. The Kier molecular flexibility index (Phi) is 5.26. The number of aromatic hydroxyl groups is 1. The van der Waals surface area contributed by atoms with Gasteiger partial charge in [0.25, 0.3) is 0 Å². The first-order valence-corrected chi connectivity index (χ1v) is 12.7. The van der Waals surface area contributed by atoms with Crippen molar-refractivity contribution in [3.05, 3.63) is 76.2 Å². The Morgan fingerprint density at radius 1 is 1.05 bits per heavy atom. The number of hydrogen-bond acceptors (Lipinski definition) is 6. The topological polar surface area (TPSA) is 96.4 Å². The highest BCUT2D eigenvalue weighted by molar-refractivity contribution is 6.32. The maximum atomic E-state index is 12.4. The molecule has 190 valence electrons. The minimum Gasteiger partial charge on any atom is -0.505 e. The van der Waals surface area contributed by atoms with E-state index < -0.39 is 5.60 Å². The first kappa shape index (κ1) is 23.8. The molecule has 1 aromatic carbocycles. The molecule has 0 amide bonds. The van der Waals surface area contributed by atoms with E-state index in [1.807, 2.05) is 38.1 Å². The summed E-state index contributed by atoms with van der Waals surface area (Å²) in [6.07, 6.45) is 7.11. The van der Waals surface area contributed by atoms with Gasteiger partial charge in [0.05, 0.1) is 16.3 Å². The molecule has 1 spiro atoms. The quantitative estimate of drug-likeness (QED) is 0.418. The van der Waals surface area contributed by atoms with Crippen LogP contribution < -0.4 is 10.6 Å². The van der Waals surface area contributed by atoms with Gasteiger partial charge in [-0.05, 0) is 62.6 Å². The van der Waals surface area contributed by atoms with E-state index in [0.29, 0.717) is 34.1 Å². The Bertz CT molecular complexity index is 1600. The Balaban J connectivity index is 1.37. The highest BCUT2D eigenvalue weighted by Gasteiger charge is 2.61. The molecule has 9 heteroatoms. The van der Waals surface area contributed by atoms with Crippen LogP contribution in [0.3, 0.4) is 0 Å². The molecule has 37 heavy (non-hydrogen) atoms. The largest absolute Gasteiger partial charge is 0.505 e. The van der Waals surface area contributed by atoms with Crippen molar-refractivity contribution in [2.45, 2.75) is 32.3 Å². The lowest BCUT2D eigenvalue weighted by atomic mass is 9.90. The summed E-state index contributed by atoms with van der Waals surface area (Å²) in [6.45, 7) is 5.08. The summed E-state index contributed by atoms with van der Waals surface area (Å²) in [5, 5.41) is 22.7. The van der Waals surface area contributed by atoms with Crippen LogP contribution in [0, 0.1) is 12.3 Å². The Hall–Kier alpha value is -3.62. The van der Waals surface area contributed by atoms with Gasteiger partial charge in [0.15, 0.2) is 0 Å². The molecule has 0 radical (unpaired) electrons. The van der Waals surface area contributed by atoms with Crippen molar-refractivity contribution in [1.82, 2.24) is 19.1 Å². The molecule has 4 aromatic rings. The van der Waals surface area contributed by atoms with Crippen molar-refractivity contribution >= 4 is 17.4 Å². The molecule has 0 bridgehead atoms. The predicted molar refractivity (Wildman–Crippen MR) is 143 cm³/mol. The van der Waals surface area contributed by atoms with Crippen molar-refractivity contribution in [3.63, 3.8) is 0 Å². The van der Waals surface area contributed by atoms with Gasteiger partial charge in [0, 0.05) is 61.0 Å². The third kappa shape index (κ3) is 3.83. The van der Waals surface area contributed by atoms with E-state index in [4.69, 9.17) is 11.6 Å². The van der Waals surface area contributed by atoms with Gasteiger partial charge in [-0.3, -0.25) is 4.57 Å². The molecule has 1 aliphatic heterocycles. The van der Waals surface area contributed by atoms with Crippen LogP contribution in [0.15, 0.2) is 59.8 Å². The summed E-state index contributed by atoms with van der Waals surface area (Å²) in [5.74, 6) is 0.794. The number of aliphatic hydroxyl groups is 1. The summed E-state index contributed by atoms with van der Waals surface area (Å²) in [7, 11) is 1.68. The van der Waals surface area contributed by atoms with Crippen LogP contribution in [-0.4, -0.2) is 48.0 Å². The Morgan fingerprint density at radius 3 is 2.49 bits per heavy atom. The van der Waals surface area contributed by atoms with Crippen molar-refractivity contribution in [3.8, 4) is 33.8 Å². The van der Waals surface area contributed by atoms with Crippen LogP contribution in [-0.2, 0) is 7.05 Å². The monoisotopic (exact) mass is 517 g/mol. The third-order valence-electron chi connectivity index (χ3n) is 7.92. The molecule has 6 rings (SSSR count). The second-order valence-corrected chi connectivity index (χ2v) is 11.0. The summed E-state index contributed by atoms with van der Waals surface area (Å²) < 4.78 is 2.96. The fourth-order valence-corrected chi connectivity index (χ4v) is 5.76. The average Bonchev–Trinajstić information content (AvgIpc) is 3.52. The molecule has 1 saturated heterocycles. The van der Waals surface area contributed by atoms with Gasteiger partial charge in [-0.2, -0.15) is 0 Å². The molecule has 2 N–H and O–H groups in total. The Labute approximate surface area is 219 Å². The van der Waals surface area contributed by atoms with E-state index in [9.17, 15) is 15.0 Å². The van der Waals surface area contributed by atoms with Crippen molar-refractivity contribution < 1.29 is 10.2 Å². The number of rotatable bonds is 4. The summed E-state index contributed by atoms with van der Waals surface area (Å²) in [5.41, 5.74) is 2.82. The third-order valence-corrected chi connectivity index (χ3v) is 8.22. The summed E-state index contributed by atoms with van der Waals surface area (Å²) in [4.78, 5) is 23.7. The molecule has 1 atom stereocenters. The van der Waals surface area contributed by atoms with Gasteiger partial charge >= 0.3 is 5.69 Å². The van der Waals surface area contributed by atoms with Crippen LogP contribution in [0.4, 0.5) is 5.82 Å². The van der Waals surface area contributed by atoms with Gasteiger partial charge < -0.3 is 19.7 Å². The molecule has 2 fully saturated rings. The van der Waals surface area contributed by atoms with Crippen LogP contribution in [0.2, 0.25) is 5.02 Å². The lowest BCUT2D eigenvalue weighted by molar-refractivity contribution is 0.0244. The number of hydrogen-bond donors (Lipinski definition) is 2. The van der Waals surface area contributed by atoms with Crippen LogP contribution in [0.25, 0.3) is 28.1 Å². The van der Waals surface area contributed by atoms with E-state index >= 15 is 0 Å². The summed E-state index contributed by atoms with van der Waals surface area (Å²) >= 11 is 6.59. The number of aryl methyl sites for hydroxylation is 2. The van der Waals surface area contributed by atoms with Gasteiger partial charge in [-0.1, -0.05) is 17.7 Å². The van der Waals surface area contributed by atoms with Gasteiger partial charge in [-0.15, -0.1) is 0 Å². The zero-order valence-electron chi connectivity index (χ0n) is 20.9. The molecular weight excluding hydrogens is 490 g/mol. The normalized spacial score (nSPS) is 20.1. The molecule has 2 aliphatic rings. The van der Waals surface area contributed by atoms with Gasteiger partial charge in [0.2, 0.25) is 0 Å². The lowest BCUT2D eigenvalue weighted by Gasteiger charge is -2.23. The van der Waals surface area contributed by atoms with E-state index in [0.717, 1.165) is 36.5 Å². The predicted octanol–water partition coefficient (Wildman–Crippen LogP) is 4.32. The molecule has 4 heterocycles. The zero-order chi connectivity index (χ0) is 26.1. The smallest absolute Gasteiger partial charge is 0.332 e. The standard InChI is InChI=1S/C28H28ClN5O3/c1-17-12-20(18-4-5-22(21(29)13-18)34-11-10-32(3)26(34)36)25(35)24(31-17)19-6-9-30-23(14-19)33-15-27(2,37)28(16-33)7-8-28/h4-6,9-14,35,37H,7-8,15-16H2,1-3H3/t27-/m1/s1. The SMILES string of the molecule is Cc1cc(-c2ccc(-n3ccn(C)c3=O)c(Cl)c2)c(O)c(-c2ccnc(N3CC4(CC4)[C@](C)(O)C3)c2)n1. The van der Waals surface area contributed by atoms with Crippen molar-refractivity contribution in [1.29, 1.82) is 0 Å². The van der Waals surface area contributed by atoms with Crippen LogP contribution in [0.5, 0.6) is 5.75 Å². The highest BCUT2D eigenvalue weighted by atomic mass is 35.5. The maximum absolute atomic E-state index is 12.4. The first-order valence-electron chi connectivity index (χ1n) is 12.3. The molecule has 3 aromatic heterocycles. The molecule has 1 aliphatic carbocycles. The molecule has 1 saturated carbocycles. The minimum atomic E-state index is -0.738. The average molecular weight is 518 g/mol. The fourth-order valence-electron chi connectivity index (χ4n) is 5.48. The van der Waals surface area contributed by atoms with Crippen molar-refractivity contribution in [2.24, 2.45) is 12.5 Å². The van der Waals surface area contributed by atoms with Crippen LogP contribution in [0.1, 0.15) is 25.5 Å². The fraction of sp³-hybridized carbons (Fsp3) is 0.321. The number of β-amino-alcohol motifs (C(OH)–C–C–N with tert-alkyl or cyclic N) is 1. The number of nitrogens with zero attached hydrogens (tertiary/aromatic N) is 5. The zero-order valence-corrected chi connectivity index (χ0v) is 21.7. The van der Waals surface area contributed by atoms with E-state index in [-0.39, 0.29) is 16.9 Å². The molecule has 8 nitrogen and oxygen atoms in total.